The summed E-state index contributed by atoms with van der Waals surface area (Å²) in [6.07, 6.45) is -0.392. The van der Waals surface area contributed by atoms with Crippen molar-refractivity contribution >= 4 is 76.9 Å². The first-order valence-electron chi connectivity index (χ1n) is 37.0. The van der Waals surface area contributed by atoms with Crippen LogP contribution in [0.1, 0.15) is 173 Å². The number of benzene rings is 1. The lowest BCUT2D eigenvalue weighted by molar-refractivity contribution is -0.171. The summed E-state index contributed by atoms with van der Waals surface area (Å²) in [6.45, 7) is 21.9. The molecule has 17 atom stereocenters. The van der Waals surface area contributed by atoms with Gasteiger partial charge in [0.25, 0.3) is 5.91 Å². The number of cyclic esters (lactones) is 1. The number of fused-ring (bicyclic) bond motifs is 4. The highest BCUT2D eigenvalue weighted by Crippen LogP contribution is 2.31. The number of nitrogens with one attached hydrogen (secondary N) is 3. The van der Waals surface area contributed by atoms with Gasteiger partial charge in [-0.3, -0.25) is 57.5 Å². The summed E-state index contributed by atoms with van der Waals surface area (Å²) in [6, 6.07) is -6.56. The molecular formula is C74H118N12O16. The molecule has 5 fully saturated rings. The third kappa shape index (κ3) is 18.8. The first-order chi connectivity index (χ1) is 48.0. The van der Waals surface area contributed by atoms with Crippen LogP contribution in [0, 0.1) is 29.6 Å². The normalized spacial score (nSPS) is 30.1. The smallest absolute Gasteiger partial charge is 0.329 e. The molecule has 0 aliphatic carbocycles. The number of rotatable bonds is 11. The number of hydrogen-bond acceptors (Lipinski definition) is 16. The maximum Gasteiger partial charge on any atom is 0.329 e. The highest BCUT2D eigenvalue weighted by Gasteiger charge is 2.50. The van der Waals surface area contributed by atoms with Crippen molar-refractivity contribution in [3.8, 4) is 0 Å². The minimum atomic E-state index is -1.67. The van der Waals surface area contributed by atoms with Gasteiger partial charge in [-0.25, -0.2) is 4.79 Å². The van der Waals surface area contributed by atoms with Crippen LogP contribution in [0.5, 0.6) is 0 Å². The maximum absolute atomic E-state index is 15.5. The van der Waals surface area contributed by atoms with E-state index in [1.807, 2.05) is 13.8 Å². The minimum Gasteiger partial charge on any atom is -0.450 e. The SMILES string of the molecule is CCC(C)C1C(=O)N2CCCCC2C(=O)O[C@H](Cc2ccccc2)C(=O)N(C)[C@@H](C(C)C)C(=O)N2CCC[C@H]2C(=O)N[C@@H]([C@@H](C)CC)C(=O)N2CCCC[C@@H]2C(=O)N[C@@H](C)C(=O)N2CCC[C@H]2C(=O)N(C)C(C(C)O)C(=O)N[C@@H](C(C)C)C(=O)N(C)C(C(C)O)C(=O)N(C)[C@@H](C(C)C)C(=O)N1C. The second-order valence-corrected chi connectivity index (χ2v) is 30.2. The number of nitrogens with zero attached hydrogens (tertiary/aromatic N) is 9. The van der Waals surface area contributed by atoms with Gasteiger partial charge >= 0.3 is 5.97 Å². The van der Waals surface area contributed by atoms with E-state index >= 15 is 33.6 Å². The zero-order chi connectivity index (χ0) is 76.2. The summed E-state index contributed by atoms with van der Waals surface area (Å²) in [7, 11) is 6.79. The topological polar surface area (TPSA) is 337 Å². The molecule has 0 radical (unpaired) electrons. The third-order valence-electron chi connectivity index (χ3n) is 21.8. The molecule has 5 saturated heterocycles. The van der Waals surface area contributed by atoms with E-state index in [0.717, 1.165) is 14.7 Å². The van der Waals surface area contributed by atoms with E-state index in [9.17, 15) is 39.0 Å². The van der Waals surface area contributed by atoms with Gasteiger partial charge in [0.15, 0.2) is 6.10 Å². The summed E-state index contributed by atoms with van der Waals surface area (Å²) in [5.74, 6) is -12.2. The number of ether oxygens (including phenoxy) is 1. The van der Waals surface area contributed by atoms with E-state index in [-0.39, 0.29) is 58.3 Å². The Bertz CT molecular complexity index is 3170. The van der Waals surface area contributed by atoms with Crippen molar-refractivity contribution in [1.82, 2.24) is 60.0 Å². The summed E-state index contributed by atoms with van der Waals surface area (Å²) in [5.41, 5.74) is 0.621. The van der Waals surface area contributed by atoms with Crippen LogP contribution in [0.15, 0.2) is 30.3 Å². The Morgan fingerprint density at radius 1 is 0.402 bits per heavy atom. The fourth-order valence-electron chi connectivity index (χ4n) is 15.6. The van der Waals surface area contributed by atoms with Crippen molar-refractivity contribution in [3.05, 3.63) is 35.9 Å². The summed E-state index contributed by atoms with van der Waals surface area (Å²) >= 11 is 0. The van der Waals surface area contributed by atoms with Gasteiger partial charge in [-0.15, -0.1) is 0 Å². The average molecular weight is 1430 g/mol. The Balaban J connectivity index is 1.43. The number of piperidine rings is 2. The Kier molecular flexibility index (Phi) is 29.9. The molecule has 1 aromatic rings. The van der Waals surface area contributed by atoms with E-state index in [2.05, 4.69) is 16.0 Å². The van der Waals surface area contributed by atoms with Crippen molar-refractivity contribution in [1.29, 1.82) is 0 Å². The minimum absolute atomic E-state index is 0.0803. The van der Waals surface area contributed by atoms with E-state index in [0.29, 0.717) is 56.9 Å². The summed E-state index contributed by atoms with van der Waals surface area (Å²) in [4.78, 5) is 206. The number of aliphatic hydroxyl groups excluding tert-OH is 2. The first-order valence-corrected chi connectivity index (χ1v) is 37.0. The number of esters is 1. The van der Waals surface area contributed by atoms with E-state index in [1.165, 1.54) is 85.4 Å². The Labute approximate surface area is 603 Å². The number of aliphatic hydroxyl groups is 2. The van der Waals surface area contributed by atoms with Crippen LogP contribution in [-0.4, -0.2) is 283 Å². The van der Waals surface area contributed by atoms with Gasteiger partial charge in [-0.05, 0) is 120 Å². The molecule has 12 amide bonds. The molecule has 0 bridgehead atoms. The van der Waals surface area contributed by atoms with Crippen molar-refractivity contribution in [2.75, 3.05) is 61.4 Å². The molecule has 570 valence electrons. The van der Waals surface area contributed by atoms with Gasteiger partial charge in [-0.1, -0.05) is 112 Å². The molecule has 0 spiro atoms. The summed E-state index contributed by atoms with van der Waals surface area (Å²) < 4.78 is 6.33. The molecule has 5 aliphatic rings. The zero-order valence-electron chi connectivity index (χ0n) is 63.6. The number of hydrogen-bond donors (Lipinski definition) is 5. The molecule has 5 aliphatic heterocycles. The predicted octanol–water partition coefficient (Wildman–Crippen LogP) is 2.33. The first kappa shape index (κ1) is 83.2. The predicted molar refractivity (Wildman–Crippen MR) is 379 cm³/mol. The molecule has 5 heterocycles. The van der Waals surface area contributed by atoms with Gasteiger partial charge < -0.3 is 75.0 Å². The highest BCUT2D eigenvalue weighted by atomic mass is 16.6. The van der Waals surface area contributed by atoms with Gasteiger partial charge in [0.2, 0.25) is 65.0 Å². The molecule has 28 nitrogen and oxygen atoms in total. The van der Waals surface area contributed by atoms with Gasteiger partial charge in [0.1, 0.15) is 72.5 Å². The fraction of sp³-hybridized carbons (Fsp3) is 0.743. The number of carbonyl (C=O) groups excluding carboxylic acids is 13. The van der Waals surface area contributed by atoms with Crippen LogP contribution in [-0.2, 0) is 73.5 Å². The van der Waals surface area contributed by atoms with Crippen LogP contribution < -0.4 is 16.0 Å². The van der Waals surface area contributed by atoms with E-state index < -0.39 is 197 Å². The highest BCUT2D eigenvalue weighted by molar-refractivity contribution is 6.01. The van der Waals surface area contributed by atoms with Crippen molar-refractivity contribution in [2.45, 2.75) is 264 Å². The average Bonchev–Trinajstić information content (AvgIpc) is 1.01. The van der Waals surface area contributed by atoms with Crippen LogP contribution in [0.25, 0.3) is 0 Å². The number of amides is 12. The quantitative estimate of drug-likeness (QED) is 0.199. The fourth-order valence-corrected chi connectivity index (χ4v) is 15.6. The molecule has 1 aromatic carbocycles. The van der Waals surface area contributed by atoms with Crippen LogP contribution >= 0.6 is 0 Å². The Morgan fingerprint density at radius 2 is 0.814 bits per heavy atom. The second-order valence-electron chi connectivity index (χ2n) is 30.2. The number of carbonyl (C=O) groups is 13. The van der Waals surface area contributed by atoms with Crippen LogP contribution in [0.4, 0.5) is 0 Å². The van der Waals surface area contributed by atoms with Gasteiger partial charge in [-0.2, -0.15) is 0 Å². The molecular weight excluding hydrogens is 1310 g/mol. The van der Waals surface area contributed by atoms with Gasteiger partial charge in [0, 0.05) is 67.8 Å². The molecule has 7 unspecified atom stereocenters. The third-order valence-corrected chi connectivity index (χ3v) is 21.8. The monoisotopic (exact) mass is 1430 g/mol. The standard InChI is InChI=1S/C74H118N12O16/c1-19-44(9)56-69(96)83-36-26-24-32-50(83)62(89)75-46(11)65(92)85-39-29-35-52(85)66(93)81(17)60(47(12)87)64(91)76-55(41(3)4)68(95)82(18)61(48(13)88)71(98)79(15)57(42(5)6)70(97)80(16)59(45(10)20-2)73(100)86-37-27-25-33-53(86)74(101)102-54(40-49-30-22-21-23-31-49)67(94)78(14)58(43(7)8)72(99)84-38-28-34-51(84)63(90)77-56/h21-23,30-31,41-48,50-61,87-88H,19-20,24-29,32-40H2,1-18H3,(H,75,89)(H,76,91)(H,77,90)/t44-,45?,46-,47?,48?,50+,51-,52-,53?,54+,55-,56-,57-,58-,59?,60?,61?/m0/s1. The molecule has 0 saturated carbocycles. The van der Waals surface area contributed by atoms with Crippen molar-refractivity contribution in [3.63, 3.8) is 0 Å². The maximum atomic E-state index is 15.5. The van der Waals surface area contributed by atoms with Gasteiger partial charge in [0.05, 0.1) is 12.2 Å². The lowest BCUT2D eigenvalue weighted by Gasteiger charge is -2.43. The van der Waals surface area contributed by atoms with Crippen LogP contribution in [0.2, 0.25) is 0 Å². The molecule has 6 rings (SSSR count). The van der Waals surface area contributed by atoms with Crippen molar-refractivity contribution < 1.29 is 77.3 Å². The van der Waals surface area contributed by atoms with Crippen molar-refractivity contribution in [2.24, 2.45) is 29.6 Å². The molecule has 5 N–H and O–H groups in total. The Morgan fingerprint density at radius 3 is 1.34 bits per heavy atom. The largest absolute Gasteiger partial charge is 0.450 e. The van der Waals surface area contributed by atoms with E-state index in [4.69, 9.17) is 4.74 Å². The molecule has 28 heteroatoms. The number of likely N-dealkylation sites (N-methyl/N-ethyl adjacent to an activating group) is 5. The Hall–Kier alpha value is -7.75. The van der Waals surface area contributed by atoms with E-state index in [1.54, 1.807) is 85.7 Å². The molecule has 0 aromatic heterocycles. The van der Waals surface area contributed by atoms with Crippen LogP contribution in [0.3, 0.4) is 0 Å². The second kappa shape index (κ2) is 36.6. The summed E-state index contributed by atoms with van der Waals surface area (Å²) in [5, 5.41) is 31.2. The molecule has 102 heavy (non-hydrogen) atoms. The zero-order valence-corrected chi connectivity index (χ0v) is 63.6. The lowest BCUT2D eigenvalue weighted by Crippen LogP contribution is -2.64. The lowest BCUT2D eigenvalue weighted by atomic mass is 9.92.